The summed E-state index contributed by atoms with van der Waals surface area (Å²) < 4.78 is 7.30. The lowest BCUT2D eigenvalue weighted by atomic mass is 10.1. The number of ketones is 1. The Morgan fingerprint density at radius 1 is 1.19 bits per heavy atom. The third kappa shape index (κ3) is 4.03. The summed E-state index contributed by atoms with van der Waals surface area (Å²) in [4.78, 5) is 17.3. The monoisotopic (exact) mass is 353 g/mol. The molecule has 136 valence electrons. The van der Waals surface area contributed by atoms with E-state index >= 15 is 0 Å². The molecule has 0 unspecified atom stereocenters. The molecule has 0 amide bonds. The number of nitrogens with zero attached hydrogens (tertiary/aromatic N) is 2. The second-order valence-electron chi connectivity index (χ2n) is 5.89. The summed E-state index contributed by atoms with van der Waals surface area (Å²) in [6.45, 7) is 3.41. The summed E-state index contributed by atoms with van der Waals surface area (Å²) in [5, 5.41) is 12.2. The standard InChI is InChI=1S/C20H23N3O3/c1-2-26-16-10-8-15(9-11-16)19(25)14-23-18-7-4-3-6-17(18)22-20(23)21-12-5-13-24/h3-4,6-11,24H,2,5,12-14H2,1H3,(H,21,22). The first-order chi connectivity index (χ1) is 12.7. The maximum absolute atomic E-state index is 12.7. The van der Waals surface area contributed by atoms with Crippen molar-refractivity contribution in [1.29, 1.82) is 0 Å². The number of aromatic nitrogens is 2. The highest BCUT2D eigenvalue weighted by atomic mass is 16.5. The van der Waals surface area contributed by atoms with Gasteiger partial charge >= 0.3 is 0 Å². The Bertz CT molecular complexity index is 872. The molecule has 0 saturated carbocycles. The van der Waals surface area contributed by atoms with Gasteiger partial charge in [-0.05, 0) is 49.7 Å². The van der Waals surface area contributed by atoms with E-state index < -0.39 is 0 Å². The number of aliphatic hydroxyl groups excluding tert-OH is 1. The van der Waals surface area contributed by atoms with Crippen LogP contribution in [0.4, 0.5) is 5.95 Å². The van der Waals surface area contributed by atoms with E-state index in [1.807, 2.05) is 47.9 Å². The van der Waals surface area contributed by atoms with Crippen molar-refractivity contribution < 1.29 is 14.6 Å². The van der Waals surface area contributed by atoms with Crippen molar-refractivity contribution in [2.75, 3.05) is 25.1 Å². The molecule has 0 fully saturated rings. The summed E-state index contributed by atoms with van der Waals surface area (Å²) in [6, 6.07) is 14.9. The van der Waals surface area contributed by atoms with E-state index in [-0.39, 0.29) is 18.9 Å². The Morgan fingerprint density at radius 2 is 1.96 bits per heavy atom. The molecule has 6 heteroatoms. The number of rotatable bonds is 9. The molecule has 1 aromatic heterocycles. The fraction of sp³-hybridized carbons (Fsp3) is 0.300. The van der Waals surface area contributed by atoms with Crippen LogP contribution in [0.2, 0.25) is 0 Å². The molecule has 0 spiro atoms. The van der Waals surface area contributed by atoms with Gasteiger partial charge in [0, 0.05) is 18.7 Å². The Labute approximate surface area is 152 Å². The van der Waals surface area contributed by atoms with Crippen molar-refractivity contribution in [2.45, 2.75) is 19.9 Å². The Hall–Kier alpha value is -2.86. The first kappa shape index (κ1) is 17.9. The lowest BCUT2D eigenvalue weighted by Crippen LogP contribution is -2.15. The number of hydrogen-bond acceptors (Lipinski definition) is 5. The molecule has 0 radical (unpaired) electrons. The van der Waals surface area contributed by atoms with Crippen molar-refractivity contribution in [3.63, 3.8) is 0 Å². The van der Waals surface area contributed by atoms with Gasteiger partial charge < -0.3 is 19.7 Å². The van der Waals surface area contributed by atoms with E-state index in [4.69, 9.17) is 9.84 Å². The predicted molar refractivity (Wildman–Crippen MR) is 102 cm³/mol. The number of hydrogen-bond donors (Lipinski definition) is 2. The van der Waals surface area contributed by atoms with Gasteiger partial charge in [-0.25, -0.2) is 4.98 Å². The second kappa shape index (κ2) is 8.49. The van der Waals surface area contributed by atoms with Crippen molar-refractivity contribution in [2.24, 2.45) is 0 Å². The van der Waals surface area contributed by atoms with Gasteiger partial charge in [0.25, 0.3) is 0 Å². The quantitative estimate of drug-likeness (QED) is 0.457. The molecule has 0 aliphatic carbocycles. The van der Waals surface area contributed by atoms with Crippen LogP contribution in [0.1, 0.15) is 23.7 Å². The zero-order chi connectivity index (χ0) is 18.4. The minimum Gasteiger partial charge on any atom is -0.494 e. The van der Waals surface area contributed by atoms with Gasteiger partial charge in [-0.2, -0.15) is 0 Å². The number of ether oxygens (including phenoxy) is 1. The number of fused-ring (bicyclic) bond motifs is 1. The smallest absolute Gasteiger partial charge is 0.204 e. The van der Waals surface area contributed by atoms with Gasteiger partial charge in [-0.3, -0.25) is 4.79 Å². The van der Waals surface area contributed by atoms with Gasteiger partial charge in [0.1, 0.15) is 5.75 Å². The maximum atomic E-state index is 12.7. The highest BCUT2D eigenvalue weighted by Gasteiger charge is 2.14. The number of imidazole rings is 1. The minimum atomic E-state index is 0.00131. The number of benzene rings is 2. The average molecular weight is 353 g/mol. The highest BCUT2D eigenvalue weighted by molar-refractivity contribution is 5.97. The SMILES string of the molecule is CCOc1ccc(C(=O)Cn2c(NCCCO)nc3ccccc32)cc1. The summed E-state index contributed by atoms with van der Waals surface area (Å²) >= 11 is 0. The summed E-state index contributed by atoms with van der Waals surface area (Å²) in [6.07, 6.45) is 0.621. The van der Waals surface area contributed by atoms with Gasteiger partial charge in [0.2, 0.25) is 5.95 Å². The van der Waals surface area contributed by atoms with Crippen molar-refractivity contribution in [3.8, 4) is 5.75 Å². The molecule has 6 nitrogen and oxygen atoms in total. The Balaban J connectivity index is 1.84. The van der Waals surface area contributed by atoms with E-state index in [0.29, 0.717) is 31.1 Å². The fourth-order valence-electron chi connectivity index (χ4n) is 2.79. The van der Waals surface area contributed by atoms with E-state index in [0.717, 1.165) is 16.8 Å². The highest BCUT2D eigenvalue weighted by Crippen LogP contribution is 2.21. The average Bonchev–Trinajstić information content (AvgIpc) is 3.00. The van der Waals surface area contributed by atoms with Crippen molar-refractivity contribution >= 4 is 22.8 Å². The van der Waals surface area contributed by atoms with Gasteiger partial charge in [0.15, 0.2) is 5.78 Å². The predicted octanol–water partition coefficient (Wildman–Crippen LogP) is 3.11. The van der Waals surface area contributed by atoms with Crippen molar-refractivity contribution in [3.05, 3.63) is 54.1 Å². The molecular weight excluding hydrogens is 330 g/mol. The first-order valence-corrected chi connectivity index (χ1v) is 8.79. The molecule has 0 aliphatic rings. The number of carbonyl (C=O) groups is 1. The van der Waals surface area contributed by atoms with Crippen LogP contribution in [-0.4, -0.2) is 40.2 Å². The fourth-order valence-corrected chi connectivity index (χ4v) is 2.79. The zero-order valence-corrected chi connectivity index (χ0v) is 14.8. The second-order valence-corrected chi connectivity index (χ2v) is 5.89. The number of nitrogens with one attached hydrogen (secondary N) is 1. The largest absolute Gasteiger partial charge is 0.494 e. The molecule has 0 atom stereocenters. The maximum Gasteiger partial charge on any atom is 0.204 e. The van der Waals surface area contributed by atoms with Crippen LogP contribution in [0.15, 0.2) is 48.5 Å². The van der Waals surface area contributed by atoms with E-state index in [1.54, 1.807) is 12.1 Å². The van der Waals surface area contributed by atoms with Crippen LogP contribution in [0.5, 0.6) is 5.75 Å². The molecule has 26 heavy (non-hydrogen) atoms. The van der Waals surface area contributed by atoms with Crippen molar-refractivity contribution in [1.82, 2.24) is 9.55 Å². The van der Waals surface area contributed by atoms with Crippen LogP contribution in [0, 0.1) is 0 Å². The molecule has 3 aromatic rings. The summed E-state index contributed by atoms with van der Waals surface area (Å²) in [7, 11) is 0. The third-order valence-electron chi connectivity index (χ3n) is 4.06. The summed E-state index contributed by atoms with van der Waals surface area (Å²) in [5.41, 5.74) is 2.37. The Morgan fingerprint density at radius 3 is 2.69 bits per heavy atom. The molecule has 0 aliphatic heterocycles. The molecule has 0 bridgehead atoms. The normalized spacial score (nSPS) is 10.8. The number of Topliss-reactive ketones (excluding diaryl/α,β-unsaturated/α-hetero) is 1. The topological polar surface area (TPSA) is 76.4 Å². The molecule has 1 heterocycles. The number of para-hydroxylation sites is 2. The number of anilines is 1. The van der Waals surface area contributed by atoms with Gasteiger partial charge in [-0.1, -0.05) is 12.1 Å². The van der Waals surface area contributed by atoms with E-state index in [1.165, 1.54) is 0 Å². The van der Waals surface area contributed by atoms with Crippen LogP contribution in [0.25, 0.3) is 11.0 Å². The van der Waals surface area contributed by atoms with E-state index in [2.05, 4.69) is 10.3 Å². The Kier molecular flexibility index (Phi) is 5.86. The zero-order valence-electron chi connectivity index (χ0n) is 14.8. The van der Waals surface area contributed by atoms with Crippen LogP contribution in [0.3, 0.4) is 0 Å². The molecular formula is C20H23N3O3. The molecule has 2 aromatic carbocycles. The third-order valence-corrected chi connectivity index (χ3v) is 4.06. The van der Waals surface area contributed by atoms with Gasteiger partial charge in [-0.15, -0.1) is 0 Å². The van der Waals surface area contributed by atoms with E-state index in [9.17, 15) is 4.79 Å². The van der Waals surface area contributed by atoms with Crippen LogP contribution < -0.4 is 10.1 Å². The lowest BCUT2D eigenvalue weighted by Gasteiger charge is -2.10. The van der Waals surface area contributed by atoms with Crippen LogP contribution in [-0.2, 0) is 6.54 Å². The number of aliphatic hydroxyl groups is 1. The summed E-state index contributed by atoms with van der Waals surface area (Å²) in [5.74, 6) is 1.39. The number of carbonyl (C=O) groups excluding carboxylic acids is 1. The lowest BCUT2D eigenvalue weighted by molar-refractivity contribution is 0.0974. The first-order valence-electron chi connectivity index (χ1n) is 8.79. The molecule has 2 N–H and O–H groups in total. The van der Waals surface area contributed by atoms with Crippen LogP contribution >= 0.6 is 0 Å². The molecule has 0 saturated heterocycles. The van der Waals surface area contributed by atoms with Gasteiger partial charge in [0.05, 0.1) is 24.2 Å². The molecule has 3 rings (SSSR count). The minimum absolute atomic E-state index is 0.00131.